The van der Waals surface area contributed by atoms with Crippen LogP contribution >= 0.6 is 0 Å². The Bertz CT molecular complexity index is 755. The predicted molar refractivity (Wildman–Crippen MR) is 59.6 cm³/mol. The van der Waals surface area contributed by atoms with Gasteiger partial charge in [-0.05, 0) is 34.7 Å². The van der Waals surface area contributed by atoms with E-state index < -0.39 is 0 Å². The molecule has 0 radical (unpaired) electrons. The minimum Gasteiger partial charge on any atom is -0.497 e. The zero-order valence-corrected chi connectivity index (χ0v) is 8.95. The Kier molecular flexibility index (Phi) is 1.92. The minimum atomic E-state index is 0.441. The first-order chi connectivity index (χ1) is 8.33. The van der Waals surface area contributed by atoms with Crippen LogP contribution in [0.4, 0.5) is 0 Å². The topological polar surface area (TPSA) is 76.1 Å². The lowest BCUT2D eigenvalue weighted by Gasteiger charge is -2.04. The molecule has 0 aliphatic carbocycles. The van der Waals surface area contributed by atoms with E-state index in [1.807, 2.05) is 18.2 Å². The Balaban J connectivity index is 2.49. The summed E-state index contributed by atoms with van der Waals surface area (Å²) in [6.07, 6.45) is 0. The largest absolute Gasteiger partial charge is 0.497 e. The van der Waals surface area contributed by atoms with Gasteiger partial charge in [0.2, 0.25) is 0 Å². The number of nitrogens with zero attached hydrogens (tertiary/aromatic N) is 5. The molecule has 2 aromatic heterocycles. The molecule has 0 fully saturated rings. The highest BCUT2D eigenvalue weighted by molar-refractivity contribution is 5.85. The molecule has 0 N–H and O–H groups in total. The molecule has 0 spiro atoms. The summed E-state index contributed by atoms with van der Waals surface area (Å²) in [6.45, 7) is 0. The maximum atomic E-state index is 9.05. The fraction of sp³-hybridized carbons (Fsp3) is 0.0909. The summed E-state index contributed by atoms with van der Waals surface area (Å²) in [5.41, 5.74) is 1.74. The molecule has 0 saturated heterocycles. The first kappa shape index (κ1) is 9.54. The molecule has 6 nitrogen and oxygen atoms in total. The Morgan fingerprint density at radius 3 is 3.00 bits per heavy atom. The van der Waals surface area contributed by atoms with Gasteiger partial charge in [-0.2, -0.15) is 9.78 Å². The lowest BCUT2D eigenvalue weighted by atomic mass is 10.1. The minimum absolute atomic E-state index is 0.441. The first-order valence-electron chi connectivity index (χ1n) is 4.92. The third-order valence-corrected chi connectivity index (χ3v) is 2.59. The SMILES string of the molecule is COc1ccc2c(c1)cc(C#N)c1nnnn12. The third-order valence-electron chi connectivity index (χ3n) is 2.59. The number of pyridine rings is 1. The van der Waals surface area contributed by atoms with E-state index in [1.54, 1.807) is 17.7 Å². The standard InChI is InChI=1S/C11H7N5O/c1-17-9-2-3-10-7(5-9)4-8(6-12)11-13-14-15-16(10)11/h2-5H,1H3. The molecule has 0 saturated carbocycles. The van der Waals surface area contributed by atoms with Gasteiger partial charge in [0.05, 0.1) is 18.2 Å². The first-order valence-corrected chi connectivity index (χ1v) is 4.92. The van der Waals surface area contributed by atoms with E-state index in [4.69, 9.17) is 10.00 Å². The van der Waals surface area contributed by atoms with Crippen LogP contribution in [0.25, 0.3) is 16.6 Å². The second-order valence-corrected chi connectivity index (χ2v) is 3.51. The number of nitriles is 1. The van der Waals surface area contributed by atoms with Gasteiger partial charge >= 0.3 is 0 Å². The molecule has 0 aliphatic heterocycles. The van der Waals surface area contributed by atoms with Crippen molar-refractivity contribution in [3.63, 3.8) is 0 Å². The Morgan fingerprint density at radius 1 is 1.35 bits per heavy atom. The van der Waals surface area contributed by atoms with E-state index in [1.165, 1.54) is 0 Å². The smallest absolute Gasteiger partial charge is 0.197 e. The number of benzene rings is 1. The summed E-state index contributed by atoms with van der Waals surface area (Å²) in [6, 6.07) is 9.37. The van der Waals surface area contributed by atoms with Crippen molar-refractivity contribution in [3.05, 3.63) is 29.8 Å². The summed E-state index contributed by atoms with van der Waals surface area (Å²) >= 11 is 0. The second-order valence-electron chi connectivity index (χ2n) is 3.51. The summed E-state index contributed by atoms with van der Waals surface area (Å²) in [4.78, 5) is 0. The molecule has 0 amide bonds. The molecule has 0 aliphatic rings. The number of aromatic nitrogens is 4. The van der Waals surface area contributed by atoms with Crippen molar-refractivity contribution in [1.29, 1.82) is 5.26 Å². The number of hydrogen-bond acceptors (Lipinski definition) is 5. The van der Waals surface area contributed by atoms with E-state index in [0.717, 1.165) is 16.7 Å². The van der Waals surface area contributed by atoms with Crippen molar-refractivity contribution in [1.82, 2.24) is 20.0 Å². The molecule has 1 aromatic carbocycles. The molecular weight excluding hydrogens is 218 g/mol. The highest BCUT2D eigenvalue weighted by Crippen LogP contribution is 2.23. The van der Waals surface area contributed by atoms with Gasteiger partial charge in [0.15, 0.2) is 5.65 Å². The number of rotatable bonds is 1. The van der Waals surface area contributed by atoms with Crippen LogP contribution in [-0.4, -0.2) is 27.2 Å². The van der Waals surface area contributed by atoms with E-state index in [9.17, 15) is 0 Å². The second kappa shape index (κ2) is 3.42. The quantitative estimate of drug-likeness (QED) is 0.621. The van der Waals surface area contributed by atoms with Gasteiger partial charge in [-0.3, -0.25) is 0 Å². The number of tetrazole rings is 1. The fourth-order valence-corrected chi connectivity index (χ4v) is 1.79. The highest BCUT2D eigenvalue weighted by atomic mass is 16.5. The molecule has 0 atom stereocenters. The summed E-state index contributed by atoms with van der Waals surface area (Å²) in [7, 11) is 1.60. The van der Waals surface area contributed by atoms with Crippen molar-refractivity contribution in [2.75, 3.05) is 7.11 Å². The van der Waals surface area contributed by atoms with E-state index >= 15 is 0 Å². The Morgan fingerprint density at radius 2 is 2.24 bits per heavy atom. The molecule has 82 valence electrons. The molecular formula is C11H7N5O. The van der Waals surface area contributed by atoms with E-state index in [-0.39, 0.29) is 0 Å². The summed E-state index contributed by atoms with van der Waals surface area (Å²) < 4.78 is 6.69. The predicted octanol–water partition coefficient (Wildman–Crippen LogP) is 1.16. The van der Waals surface area contributed by atoms with Crippen LogP contribution in [-0.2, 0) is 0 Å². The lowest BCUT2D eigenvalue weighted by molar-refractivity contribution is 0.415. The zero-order chi connectivity index (χ0) is 11.8. The molecule has 2 heterocycles. The zero-order valence-electron chi connectivity index (χ0n) is 8.95. The molecule has 3 rings (SSSR count). The fourth-order valence-electron chi connectivity index (χ4n) is 1.79. The molecule has 0 unspecified atom stereocenters. The van der Waals surface area contributed by atoms with Crippen LogP contribution in [0.5, 0.6) is 5.75 Å². The van der Waals surface area contributed by atoms with E-state index in [0.29, 0.717) is 11.2 Å². The Hall–Kier alpha value is -2.68. The van der Waals surface area contributed by atoms with Crippen LogP contribution in [0.1, 0.15) is 5.56 Å². The average Bonchev–Trinajstić information content (AvgIpc) is 2.86. The molecule has 6 heteroatoms. The highest BCUT2D eigenvalue weighted by Gasteiger charge is 2.09. The summed E-state index contributed by atoms with van der Waals surface area (Å²) in [5.74, 6) is 0.730. The van der Waals surface area contributed by atoms with Crippen molar-refractivity contribution >= 4 is 16.6 Å². The normalized spacial score (nSPS) is 10.6. The Labute approximate surface area is 96.0 Å². The van der Waals surface area contributed by atoms with Gasteiger partial charge in [-0.1, -0.05) is 0 Å². The van der Waals surface area contributed by atoms with Crippen molar-refractivity contribution in [3.8, 4) is 11.8 Å². The maximum Gasteiger partial charge on any atom is 0.197 e. The van der Waals surface area contributed by atoms with Crippen LogP contribution in [0.3, 0.4) is 0 Å². The number of ether oxygens (including phenoxy) is 1. The molecule has 0 bridgehead atoms. The van der Waals surface area contributed by atoms with Gasteiger partial charge in [-0.25, -0.2) is 0 Å². The van der Waals surface area contributed by atoms with Gasteiger partial charge in [0.1, 0.15) is 11.8 Å². The van der Waals surface area contributed by atoms with Crippen molar-refractivity contribution in [2.24, 2.45) is 0 Å². The monoisotopic (exact) mass is 225 g/mol. The van der Waals surface area contributed by atoms with Crippen LogP contribution < -0.4 is 4.74 Å². The average molecular weight is 225 g/mol. The molecule has 17 heavy (non-hydrogen) atoms. The van der Waals surface area contributed by atoms with Gasteiger partial charge in [0.25, 0.3) is 0 Å². The summed E-state index contributed by atoms with van der Waals surface area (Å²) in [5, 5.41) is 21.2. The van der Waals surface area contributed by atoms with Crippen LogP contribution in [0, 0.1) is 11.3 Å². The van der Waals surface area contributed by atoms with Gasteiger partial charge < -0.3 is 4.74 Å². The third kappa shape index (κ3) is 1.29. The van der Waals surface area contributed by atoms with Gasteiger partial charge in [-0.15, -0.1) is 5.10 Å². The number of fused-ring (bicyclic) bond motifs is 3. The maximum absolute atomic E-state index is 9.05. The van der Waals surface area contributed by atoms with Gasteiger partial charge in [0, 0.05) is 5.39 Å². The van der Waals surface area contributed by atoms with Crippen molar-refractivity contribution in [2.45, 2.75) is 0 Å². The van der Waals surface area contributed by atoms with E-state index in [2.05, 4.69) is 21.6 Å². The number of methoxy groups -OCH3 is 1. The molecule has 3 aromatic rings. The van der Waals surface area contributed by atoms with Crippen molar-refractivity contribution < 1.29 is 4.74 Å². The van der Waals surface area contributed by atoms with Crippen LogP contribution in [0.2, 0.25) is 0 Å². The number of hydrogen-bond donors (Lipinski definition) is 0. The lowest BCUT2D eigenvalue weighted by Crippen LogP contribution is -1.94. The van der Waals surface area contributed by atoms with Crippen LogP contribution in [0.15, 0.2) is 24.3 Å².